The molecule has 54 heavy (non-hydrogen) atoms. The number of hydrogen-bond acceptors (Lipinski definition) is 10. The van der Waals surface area contributed by atoms with Crippen LogP contribution in [0.25, 0.3) is 32.4 Å². The molecule has 1 aliphatic carbocycles. The second-order valence-corrected chi connectivity index (χ2v) is 15.4. The van der Waals surface area contributed by atoms with Crippen LogP contribution in [0.1, 0.15) is 32.7 Å². The molecule has 1 unspecified atom stereocenters. The Morgan fingerprint density at radius 2 is 1.61 bits per heavy atom. The van der Waals surface area contributed by atoms with E-state index in [2.05, 4.69) is 30.6 Å². The van der Waals surface area contributed by atoms with Crippen LogP contribution < -0.4 is 31.3 Å². The van der Waals surface area contributed by atoms with E-state index >= 15 is 13.2 Å². The summed E-state index contributed by atoms with van der Waals surface area (Å²) >= 11 is 0.895. The lowest BCUT2D eigenvalue weighted by Gasteiger charge is -2.39. The number of likely N-dealkylation sites (N-methyl/N-ethyl adjacent to an activating group) is 2. The van der Waals surface area contributed by atoms with Gasteiger partial charge in [-0.2, -0.15) is 0 Å². The number of piperazine rings is 2. The topological polar surface area (TPSA) is 124 Å². The number of nitrogens with one attached hydrogen (secondary N) is 2. The van der Waals surface area contributed by atoms with Gasteiger partial charge in [-0.25, -0.2) is 18.0 Å². The zero-order valence-electron chi connectivity index (χ0n) is 30.5. The summed E-state index contributed by atoms with van der Waals surface area (Å²) in [5, 5.41) is 13.5. The summed E-state index contributed by atoms with van der Waals surface area (Å²) in [6.45, 7) is 8.53. The zero-order chi connectivity index (χ0) is 38.0. The van der Waals surface area contributed by atoms with Gasteiger partial charge in [0.2, 0.25) is 10.6 Å². The van der Waals surface area contributed by atoms with Crippen LogP contribution in [0.3, 0.4) is 0 Å². The molecule has 0 bridgehead atoms. The Labute approximate surface area is 312 Å². The average Bonchev–Trinajstić information content (AvgIpc) is 3.89. The third-order valence-corrected chi connectivity index (χ3v) is 11.7. The smallest absolute Gasteiger partial charge is 0.325 e. The van der Waals surface area contributed by atoms with Crippen molar-refractivity contribution in [2.45, 2.75) is 45.3 Å². The van der Waals surface area contributed by atoms with Crippen molar-refractivity contribution in [3.63, 3.8) is 0 Å². The number of carbonyl (C=O) groups excluding carboxylic acids is 1. The van der Waals surface area contributed by atoms with Gasteiger partial charge in [-0.1, -0.05) is 11.3 Å². The predicted octanol–water partition coefficient (Wildman–Crippen LogP) is 5.14. The minimum Gasteiger partial charge on any atom is -0.367 e. The van der Waals surface area contributed by atoms with Gasteiger partial charge >= 0.3 is 6.03 Å². The van der Waals surface area contributed by atoms with Crippen LogP contribution in [0.5, 0.6) is 0 Å². The molecule has 3 fully saturated rings. The summed E-state index contributed by atoms with van der Waals surface area (Å²) in [6, 6.07) is 3.49. The minimum absolute atomic E-state index is 0.000791. The monoisotopic (exact) mass is 762 g/mol. The molecule has 2 aromatic carbocycles. The number of hydrogen-bond donors (Lipinski definition) is 2. The molecule has 2 amide bonds. The van der Waals surface area contributed by atoms with Crippen molar-refractivity contribution in [3.05, 3.63) is 68.5 Å². The molecule has 17 heteroatoms. The largest absolute Gasteiger partial charge is 0.367 e. The quantitative estimate of drug-likeness (QED) is 0.232. The van der Waals surface area contributed by atoms with Gasteiger partial charge in [0.25, 0.3) is 0 Å². The number of nitrogens with zero attached hydrogens (tertiary/aromatic N) is 8. The van der Waals surface area contributed by atoms with Crippen molar-refractivity contribution in [2.24, 2.45) is 0 Å². The van der Waals surface area contributed by atoms with Crippen molar-refractivity contribution in [1.82, 2.24) is 29.1 Å². The summed E-state index contributed by atoms with van der Waals surface area (Å²) in [7, 11) is 3.99. The molecule has 3 aromatic heterocycles. The molecular formula is C37H41F3N10O3S. The molecule has 0 radical (unpaired) electrons. The Morgan fingerprint density at radius 1 is 0.889 bits per heavy atom. The van der Waals surface area contributed by atoms with Crippen molar-refractivity contribution >= 4 is 61.4 Å². The highest BCUT2D eigenvalue weighted by Gasteiger charge is 2.30. The Morgan fingerprint density at radius 3 is 2.31 bits per heavy atom. The van der Waals surface area contributed by atoms with Crippen LogP contribution in [0.2, 0.25) is 0 Å². The van der Waals surface area contributed by atoms with E-state index < -0.39 is 34.3 Å². The van der Waals surface area contributed by atoms with Gasteiger partial charge in [-0.05, 0) is 59.0 Å². The average molecular weight is 763 g/mol. The molecule has 8 rings (SSSR count). The lowest BCUT2D eigenvalue weighted by atomic mass is 10.1. The van der Waals surface area contributed by atoms with Gasteiger partial charge in [0.15, 0.2) is 16.3 Å². The molecule has 13 nitrogen and oxygen atoms in total. The number of aryl methyl sites for hydroxylation is 1. The molecule has 1 atom stereocenters. The fourth-order valence-corrected chi connectivity index (χ4v) is 8.19. The highest BCUT2D eigenvalue weighted by Crippen LogP contribution is 2.39. The first-order valence-electron chi connectivity index (χ1n) is 18.2. The van der Waals surface area contributed by atoms with Crippen LogP contribution in [0, 0.1) is 17.5 Å². The van der Waals surface area contributed by atoms with E-state index in [1.54, 1.807) is 28.7 Å². The number of benzene rings is 2. The van der Waals surface area contributed by atoms with Crippen molar-refractivity contribution < 1.29 is 18.0 Å². The zero-order valence-corrected chi connectivity index (χ0v) is 31.3. The summed E-state index contributed by atoms with van der Waals surface area (Å²) in [5.74, 6) is -2.12. The Hall–Kier alpha value is -5.00. The molecule has 3 aliphatic rings. The van der Waals surface area contributed by atoms with Gasteiger partial charge in [0, 0.05) is 76.8 Å². The van der Waals surface area contributed by atoms with Gasteiger partial charge in [-0.3, -0.25) is 14.9 Å². The summed E-state index contributed by atoms with van der Waals surface area (Å²) in [6.07, 6.45) is 4.84. The van der Waals surface area contributed by atoms with Gasteiger partial charge in [0.1, 0.15) is 23.0 Å². The van der Waals surface area contributed by atoms with E-state index in [1.165, 1.54) is 12.3 Å². The predicted molar refractivity (Wildman–Crippen MR) is 206 cm³/mol. The highest BCUT2D eigenvalue weighted by atomic mass is 32.1. The van der Waals surface area contributed by atoms with E-state index in [4.69, 9.17) is 0 Å². The molecule has 5 aromatic rings. The third kappa shape index (κ3) is 6.47. The van der Waals surface area contributed by atoms with E-state index in [0.717, 1.165) is 43.3 Å². The summed E-state index contributed by atoms with van der Waals surface area (Å²) in [4.78, 5) is 48.5. The van der Waals surface area contributed by atoms with E-state index in [0.29, 0.717) is 43.9 Å². The molecule has 2 saturated heterocycles. The number of fused-ring (bicyclic) bond motifs is 2. The number of anilines is 4. The van der Waals surface area contributed by atoms with Crippen molar-refractivity contribution in [3.8, 4) is 10.6 Å². The molecular weight excluding hydrogens is 722 g/mol. The van der Waals surface area contributed by atoms with E-state index in [9.17, 15) is 14.4 Å². The number of rotatable bonds is 7. The molecule has 2 aliphatic heterocycles. The maximum absolute atomic E-state index is 16.2. The van der Waals surface area contributed by atoms with Gasteiger partial charge in [0.05, 0.1) is 33.1 Å². The first kappa shape index (κ1) is 36.0. The Kier molecular flexibility index (Phi) is 9.34. The van der Waals surface area contributed by atoms with Crippen LogP contribution in [0.4, 0.5) is 40.2 Å². The molecule has 2 N–H and O–H groups in total. The summed E-state index contributed by atoms with van der Waals surface area (Å²) < 4.78 is 50.7. The molecule has 1 saturated carbocycles. The maximum Gasteiger partial charge on any atom is 0.325 e. The van der Waals surface area contributed by atoms with Gasteiger partial charge < -0.3 is 34.1 Å². The normalized spacial score (nSPS) is 18.5. The highest BCUT2D eigenvalue weighted by molar-refractivity contribution is 7.18. The number of carbonyl (C=O) groups is 1. The number of amides is 2. The first-order chi connectivity index (χ1) is 25.9. The van der Waals surface area contributed by atoms with E-state index in [-0.39, 0.29) is 62.0 Å². The molecule has 284 valence electrons. The second-order valence-electron chi connectivity index (χ2n) is 14.5. The van der Waals surface area contributed by atoms with Crippen LogP contribution in [-0.2, 0) is 6.54 Å². The van der Waals surface area contributed by atoms with Crippen molar-refractivity contribution in [1.29, 1.82) is 0 Å². The number of aromatic nitrogens is 4. The fourth-order valence-electron chi connectivity index (χ4n) is 7.45. The van der Waals surface area contributed by atoms with Crippen LogP contribution in [0.15, 0.2) is 40.2 Å². The third-order valence-electron chi connectivity index (χ3n) is 10.9. The lowest BCUT2D eigenvalue weighted by Crippen LogP contribution is -2.50. The number of urea groups is 1. The number of pyridine rings is 2. The Bertz CT molecular complexity index is 2420. The standard InChI is InChI=1S/C37H41F3N10O3S/c1-5-47-18-24(33(51)23-15-26(39)32(30(40)31(23)47)49-13-10-46(4)20(2)17-49)35-43-44-37(54-35)42-36(53)41-27-19-50(21-6-7-21)28-16-29(25(38)14-22(28)34(27)52)48-11-8-45(3)9-12-48/h14-16,18-21H,5-13,17H2,1-4H3,(H2,41,42,44,53). The van der Waals surface area contributed by atoms with Gasteiger partial charge in [-0.15, -0.1) is 10.2 Å². The Balaban J connectivity index is 1.06. The number of halogens is 3. The first-order valence-corrected chi connectivity index (χ1v) is 19.0. The summed E-state index contributed by atoms with van der Waals surface area (Å²) in [5.41, 5.74) is -0.214. The second kappa shape index (κ2) is 14.0. The van der Waals surface area contributed by atoms with E-state index in [1.807, 2.05) is 30.5 Å². The van der Waals surface area contributed by atoms with Crippen LogP contribution in [-0.4, -0.2) is 101 Å². The molecule has 5 heterocycles. The van der Waals surface area contributed by atoms with Crippen molar-refractivity contribution in [2.75, 3.05) is 80.3 Å². The molecule has 0 spiro atoms. The van der Waals surface area contributed by atoms with Crippen LogP contribution >= 0.6 is 11.3 Å². The lowest BCUT2D eigenvalue weighted by molar-refractivity contribution is 0.232. The fraction of sp³-hybridized carbons (Fsp3) is 0.432. The maximum atomic E-state index is 16.2. The minimum atomic E-state index is -0.822. The SMILES string of the molecule is CCn1cc(-c2nnc(NC(=O)Nc3cn(C4CC4)c4cc(N5CCN(C)CC5)c(F)cc4c3=O)s2)c(=O)c2cc(F)c(N3CCN(C)C(C)C3)c(F)c21.